The number of aliphatic hydroxyl groups excluding tert-OH is 1. The lowest BCUT2D eigenvalue weighted by atomic mass is 9.78. The first-order chi connectivity index (χ1) is 35.3. The highest BCUT2D eigenvalue weighted by Gasteiger charge is 2.45. The maximum atomic E-state index is 14.2. The monoisotopic (exact) mass is 1060 g/mol. The number of piperidine rings is 1. The number of thiazole rings is 2. The van der Waals surface area contributed by atoms with Gasteiger partial charge in [0.15, 0.2) is 0 Å². The Balaban J connectivity index is 0.826. The third-order valence-corrected chi connectivity index (χ3v) is 15.6. The highest BCUT2D eigenvalue weighted by molar-refractivity contribution is 7.13. The number of rotatable bonds is 18. The SMILES string of the molecule is Cc1ncsc1-c1ccc([C@H](C)NC(=O)[C@@H]2C[C@@H](O)CN2C(=O)[C@@H](NC(=O)CCOCCN2CCC(CNC(=O)c3cccc(-c4noc(C(F)(F)F)n4)c3)(c3nc(-c4ccccc4)cs3)CC2)C(C)(C)C)cc1. The van der Waals surface area contributed by atoms with E-state index in [9.17, 15) is 37.5 Å². The summed E-state index contributed by atoms with van der Waals surface area (Å²) in [4.78, 5) is 72.6. The molecule has 5 heterocycles. The maximum Gasteiger partial charge on any atom is 0.471 e. The van der Waals surface area contributed by atoms with Crippen molar-refractivity contribution in [2.45, 2.75) is 96.1 Å². The van der Waals surface area contributed by atoms with Crippen LogP contribution in [0.3, 0.4) is 0 Å². The Labute approximate surface area is 435 Å². The Hall–Kier alpha value is -6.39. The smallest absolute Gasteiger partial charge is 0.391 e. The number of hydrogen-bond donors (Lipinski definition) is 4. The van der Waals surface area contributed by atoms with Crippen LogP contribution in [-0.2, 0) is 30.7 Å². The number of likely N-dealkylation sites (tertiary alicyclic amines) is 2. The molecule has 392 valence electrons. The Kier molecular flexibility index (Phi) is 16.8. The van der Waals surface area contributed by atoms with Gasteiger partial charge in [-0.1, -0.05) is 92.7 Å². The first-order valence-corrected chi connectivity index (χ1v) is 26.2. The van der Waals surface area contributed by atoms with Crippen LogP contribution >= 0.6 is 22.7 Å². The molecule has 0 radical (unpaired) electrons. The molecule has 3 aromatic heterocycles. The van der Waals surface area contributed by atoms with Crippen LogP contribution in [-0.4, -0.2) is 123 Å². The number of β-amino-alcohol motifs (C(OH)–C–C–N with tert-alkyl or cyclic N) is 1. The molecule has 4 atom stereocenters. The van der Waals surface area contributed by atoms with Crippen LogP contribution in [0.2, 0.25) is 0 Å². The van der Waals surface area contributed by atoms with Gasteiger partial charge in [0.05, 0.1) is 47.1 Å². The lowest BCUT2D eigenvalue weighted by Crippen LogP contribution is -2.58. The summed E-state index contributed by atoms with van der Waals surface area (Å²) in [6.07, 6.45) is -4.34. The number of alkyl halides is 3. The number of nitrogens with zero attached hydrogens (tertiary/aromatic N) is 6. The second-order valence-electron chi connectivity index (χ2n) is 20.0. The van der Waals surface area contributed by atoms with Gasteiger partial charge in [-0.2, -0.15) is 18.2 Å². The average molecular weight is 1060 g/mol. The zero-order valence-corrected chi connectivity index (χ0v) is 43.4. The number of nitrogens with one attached hydrogen (secondary N) is 3. The first-order valence-electron chi connectivity index (χ1n) is 24.5. The lowest BCUT2D eigenvalue weighted by Gasteiger charge is -2.40. The van der Waals surface area contributed by atoms with Crippen molar-refractivity contribution in [2.75, 3.05) is 45.9 Å². The standard InChI is InChI=1S/C53H60F3N9O7S2/c1-32(34-14-16-36(17-15-34)43-33(2)58-31-74-43)59-47(69)41-27-39(66)28-65(41)48(70)44(51(3,4)5)61-42(67)18-24-71-25-23-64-21-19-52(20-22-64,50-60-40(29-73-50)35-10-7-6-8-11-35)30-57-46(68)38-13-9-12-37(26-38)45-62-49(72-63-45)53(54,55)56/h6-17,26,29,31-32,39,41,44,66H,18-25,27-28,30H2,1-5H3,(H,57,68)(H,59,69)(H,61,67)/t32-,39+,41-,44+/m0/s1. The zero-order valence-electron chi connectivity index (χ0n) is 41.8. The number of aryl methyl sites for hydroxylation is 1. The summed E-state index contributed by atoms with van der Waals surface area (Å²) < 4.78 is 49.8. The molecule has 2 fully saturated rings. The molecule has 0 spiro atoms. The Morgan fingerprint density at radius 3 is 2.32 bits per heavy atom. The van der Waals surface area contributed by atoms with E-state index in [1.54, 1.807) is 29.0 Å². The fraction of sp³-hybridized carbons (Fsp3) is 0.434. The van der Waals surface area contributed by atoms with E-state index in [1.165, 1.54) is 28.4 Å². The van der Waals surface area contributed by atoms with Gasteiger partial charge >= 0.3 is 12.1 Å². The van der Waals surface area contributed by atoms with E-state index in [4.69, 9.17) is 9.72 Å². The van der Waals surface area contributed by atoms with E-state index in [0.29, 0.717) is 39.1 Å². The van der Waals surface area contributed by atoms with Gasteiger partial charge in [-0.3, -0.25) is 19.2 Å². The summed E-state index contributed by atoms with van der Waals surface area (Å²) in [6.45, 7) is 11.9. The summed E-state index contributed by atoms with van der Waals surface area (Å²) in [6, 6.07) is 21.5. The minimum atomic E-state index is -4.81. The normalized spacial score (nSPS) is 17.9. The molecular formula is C53H60F3N9O7S2. The van der Waals surface area contributed by atoms with Crippen molar-refractivity contribution >= 4 is 46.3 Å². The molecule has 3 aromatic carbocycles. The Morgan fingerprint density at radius 1 is 0.919 bits per heavy atom. The molecule has 0 bridgehead atoms. The quantitative estimate of drug-likeness (QED) is 0.0608. The highest BCUT2D eigenvalue weighted by Crippen LogP contribution is 2.39. The molecule has 2 aliphatic heterocycles. The van der Waals surface area contributed by atoms with Crippen molar-refractivity contribution in [3.8, 4) is 33.1 Å². The van der Waals surface area contributed by atoms with Gasteiger partial charge < -0.3 is 40.1 Å². The van der Waals surface area contributed by atoms with E-state index in [-0.39, 0.29) is 67.3 Å². The number of ether oxygens (including phenoxy) is 1. The second-order valence-corrected chi connectivity index (χ2v) is 21.7. The van der Waals surface area contributed by atoms with Gasteiger partial charge in [-0.25, -0.2) is 9.97 Å². The number of halogens is 3. The van der Waals surface area contributed by atoms with E-state index >= 15 is 0 Å². The van der Waals surface area contributed by atoms with Crippen molar-refractivity contribution < 1.29 is 46.7 Å². The number of amides is 4. The minimum absolute atomic E-state index is 0.00548. The Morgan fingerprint density at radius 2 is 1.65 bits per heavy atom. The number of benzene rings is 3. The average Bonchev–Trinajstić information content (AvgIpc) is 4.23. The third kappa shape index (κ3) is 12.9. The van der Waals surface area contributed by atoms with Crippen molar-refractivity contribution in [2.24, 2.45) is 5.41 Å². The molecule has 8 rings (SSSR count). The second kappa shape index (κ2) is 23.0. The third-order valence-electron chi connectivity index (χ3n) is 13.6. The fourth-order valence-corrected chi connectivity index (χ4v) is 11.1. The van der Waals surface area contributed by atoms with Gasteiger partial charge in [-0.15, -0.1) is 22.7 Å². The molecule has 2 aliphatic rings. The van der Waals surface area contributed by atoms with E-state index in [1.807, 2.05) is 94.6 Å². The van der Waals surface area contributed by atoms with Crippen molar-refractivity contribution in [1.82, 2.24) is 45.9 Å². The molecular weight excluding hydrogens is 996 g/mol. The molecule has 74 heavy (non-hydrogen) atoms. The molecule has 16 nitrogen and oxygen atoms in total. The molecule has 0 aliphatic carbocycles. The van der Waals surface area contributed by atoms with Crippen molar-refractivity contribution in [3.63, 3.8) is 0 Å². The van der Waals surface area contributed by atoms with Crippen molar-refractivity contribution in [1.29, 1.82) is 0 Å². The van der Waals surface area contributed by atoms with Crippen LogP contribution in [0.25, 0.3) is 33.1 Å². The number of aromatic nitrogens is 4. The van der Waals surface area contributed by atoms with E-state index < -0.39 is 52.9 Å². The summed E-state index contributed by atoms with van der Waals surface area (Å²) >= 11 is 3.09. The predicted molar refractivity (Wildman–Crippen MR) is 274 cm³/mol. The van der Waals surface area contributed by atoms with Crippen LogP contribution in [0.5, 0.6) is 0 Å². The van der Waals surface area contributed by atoms with Gasteiger partial charge in [0.1, 0.15) is 17.1 Å². The minimum Gasteiger partial charge on any atom is -0.391 e. The van der Waals surface area contributed by atoms with Crippen LogP contribution in [0, 0.1) is 12.3 Å². The molecule has 0 saturated carbocycles. The number of hydrogen-bond acceptors (Lipinski definition) is 14. The first kappa shape index (κ1) is 53.9. The molecule has 4 N–H and O–H groups in total. The number of carbonyl (C=O) groups excluding carboxylic acids is 4. The summed E-state index contributed by atoms with van der Waals surface area (Å²) in [5.41, 5.74) is 5.63. The zero-order chi connectivity index (χ0) is 52.8. The largest absolute Gasteiger partial charge is 0.471 e. The molecule has 6 aromatic rings. The van der Waals surface area contributed by atoms with Crippen molar-refractivity contribution in [3.05, 3.63) is 117 Å². The summed E-state index contributed by atoms with van der Waals surface area (Å²) in [5.74, 6) is -3.40. The van der Waals surface area contributed by atoms with E-state index in [2.05, 4.69) is 40.5 Å². The van der Waals surface area contributed by atoms with Crippen LogP contribution in [0.1, 0.15) is 91.9 Å². The van der Waals surface area contributed by atoms with Crippen LogP contribution in [0.4, 0.5) is 13.2 Å². The van der Waals surface area contributed by atoms with Crippen LogP contribution in [0.15, 0.2) is 94.3 Å². The van der Waals surface area contributed by atoms with Gasteiger partial charge in [-0.05, 0) is 68.5 Å². The molecule has 2 saturated heterocycles. The number of carbonyl (C=O) groups is 4. The topological polar surface area (TPSA) is 205 Å². The summed E-state index contributed by atoms with van der Waals surface area (Å²) in [5, 5.41) is 26.1. The fourth-order valence-electron chi connectivity index (χ4n) is 9.25. The highest BCUT2D eigenvalue weighted by atomic mass is 32.1. The maximum absolute atomic E-state index is 14.2. The van der Waals surface area contributed by atoms with Gasteiger partial charge in [0.2, 0.25) is 23.5 Å². The number of aliphatic hydroxyl groups is 1. The predicted octanol–water partition coefficient (Wildman–Crippen LogP) is 7.85. The molecule has 21 heteroatoms. The van der Waals surface area contributed by atoms with E-state index in [0.717, 1.165) is 38.0 Å². The van der Waals surface area contributed by atoms with Crippen LogP contribution < -0.4 is 16.0 Å². The molecule has 4 amide bonds. The lowest BCUT2D eigenvalue weighted by molar-refractivity contribution is -0.159. The Bertz CT molecular complexity index is 2900. The van der Waals surface area contributed by atoms with Gasteiger partial charge in [0, 0.05) is 60.0 Å². The summed E-state index contributed by atoms with van der Waals surface area (Å²) in [7, 11) is 0. The van der Waals surface area contributed by atoms with Gasteiger partial charge in [0.25, 0.3) is 5.91 Å². The molecule has 0 unspecified atom stereocenters.